The normalized spacial score (nSPS) is 15.0. The standard InChI is InChI=1S/C23H33N5O3/c1-5-17(2)15-24-16-23(29)28-12-10-27(11-13-28)22-9-7-19(25-26-22)18-6-8-20(30-3)21(14-18)31-4/h6-9,14,17,24H,5,10-13,15-16H2,1-4H3. The molecular weight excluding hydrogens is 394 g/mol. The van der Waals surface area contributed by atoms with E-state index >= 15 is 0 Å². The third-order valence-electron chi connectivity index (χ3n) is 5.75. The average Bonchev–Trinajstić information content (AvgIpc) is 2.83. The Morgan fingerprint density at radius 2 is 1.81 bits per heavy atom. The minimum atomic E-state index is 0.165. The number of carbonyl (C=O) groups excluding carboxylic acids is 1. The Hall–Kier alpha value is -2.87. The zero-order valence-electron chi connectivity index (χ0n) is 18.9. The molecule has 0 saturated carbocycles. The summed E-state index contributed by atoms with van der Waals surface area (Å²) in [6, 6.07) is 9.62. The van der Waals surface area contributed by atoms with Gasteiger partial charge in [0.15, 0.2) is 17.3 Å². The molecule has 1 aromatic carbocycles. The van der Waals surface area contributed by atoms with Crippen LogP contribution < -0.4 is 19.7 Å². The van der Waals surface area contributed by atoms with Gasteiger partial charge in [-0.1, -0.05) is 20.3 Å². The third kappa shape index (κ3) is 5.85. The van der Waals surface area contributed by atoms with Gasteiger partial charge in [0.25, 0.3) is 0 Å². The highest BCUT2D eigenvalue weighted by molar-refractivity contribution is 5.78. The van der Waals surface area contributed by atoms with Crippen LogP contribution in [0.2, 0.25) is 0 Å². The maximum atomic E-state index is 12.4. The van der Waals surface area contributed by atoms with Crippen molar-refractivity contribution in [1.29, 1.82) is 0 Å². The topological polar surface area (TPSA) is 79.8 Å². The van der Waals surface area contributed by atoms with E-state index in [2.05, 4.69) is 34.3 Å². The molecule has 8 nitrogen and oxygen atoms in total. The molecule has 1 N–H and O–H groups in total. The predicted molar refractivity (Wildman–Crippen MR) is 122 cm³/mol. The van der Waals surface area contributed by atoms with Gasteiger partial charge in [-0.25, -0.2) is 0 Å². The minimum Gasteiger partial charge on any atom is -0.493 e. The second-order valence-corrected chi connectivity index (χ2v) is 7.86. The molecule has 1 aromatic heterocycles. The van der Waals surface area contributed by atoms with Crippen LogP contribution in [0.4, 0.5) is 5.82 Å². The lowest BCUT2D eigenvalue weighted by atomic mass is 10.1. The number of hydrogen-bond donors (Lipinski definition) is 1. The first kappa shape index (κ1) is 22.8. The lowest BCUT2D eigenvalue weighted by molar-refractivity contribution is -0.130. The number of nitrogens with zero attached hydrogens (tertiary/aromatic N) is 4. The van der Waals surface area contributed by atoms with Crippen molar-refractivity contribution in [2.24, 2.45) is 5.92 Å². The predicted octanol–water partition coefficient (Wildman–Crippen LogP) is 2.45. The first-order chi connectivity index (χ1) is 15.0. The molecule has 1 fully saturated rings. The van der Waals surface area contributed by atoms with Crippen molar-refractivity contribution < 1.29 is 14.3 Å². The number of rotatable bonds is 9. The molecule has 8 heteroatoms. The van der Waals surface area contributed by atoms with E-state index in [1.165, 1.54) is 0 Å². The fraction of sp³-hybridized carbons (Fsp3) is 0.522. The van der Waals surface area contributed by atoms with Gasteiger partial charge in [-0.05, 0) is 42.8 Å². The lowest BCUT2D eigenvalue weighted by Gasteiger charge is -2.35. The Balaban J connectivity index is 1.54. The van der Waals surface area contributed by atoms with Gasteiger partial charge in [-0.15, -0.1) is 10.2 Å². The van der Waals surface area contributed by atoms with Crippen LogP contribution in [0.15, 0.2) is 30.3 Å². The summed E-state index contributed by atoms with van der Waals surface area (Å²) in [5, 5.41) is 12.1. The molecule has 1 unspecified atom stereocenters. The van der Waals surface area contributed by atoms with E-state index in [-0.39, 0.29) is 5.91 Å². The Kier molecular flexibility index (Phi) is 8.06. The summed E-state index contributed by atoms with van der Waals surface area (Å²) < 4.78 is 10.7. The minimum absolute atomic E-state index is 0.165. The second-order valence-electron chi connectivity index (χ2n) is 7.86. The highest BCUT2D eigenvalue weighted by atomic mass is 16.5. The quantitative estimate of drug-likeness (QED) is 0.658. The van der Waals surface area contributed by atoms with Gasteiger partial charge >= 0.3 is 0 Å². The van der Waals surface area contributed by atoms with E-state index in [1.807, 2.05) is 35.2 Å². The molecule has 0 aliphatic carbocycles. The van der Waals surface area contributed by atoms with Gasteiger partial charge in [-0.3, -0.25) is 4.79 Å². The summed E-state index contributed by atoms with van der Waals surface area (Å²) in [4.78, 5) is 16.5. The van der Waals surface area contributed by atoms with Crippen LogP contribution in [0.3, 0.4) is 0 Å². The number of nitrogens with one attached hydrogen (secondary N) is 1. The van der Waals surface area contributed by atoms with Gasteiger partial charge in [0, 0.05) is 31.7 Å². The van der Waals surface area contributed by atoms with Gasteiger partial charge < -0.3 is 24.6 Å². The van der Waals surface area contributed by atoms with Crippen molar-refractivity contribution in [1.82, 2.24) is 20.4 Å². The second kappa shape index (κ2) is 10.9. The molecule has 0 bridgehead atoms. The number of hydrogen-bond acceptors (Lipinski definition) is 7. The van der Waals surface area contributed by atoms with Crippen molar-refractivity contribution in [3.63, 3.8) is 0 Å². The van der Waals surface area contributed by atoms with Gasteiger partial charge in [0.1, 0.15) is 0 Å². The SMILES string of the molecule is CCC(C)CNCC(=O)N1CCN(c2ccc(-c3ccc(OC)c(OC)c3)nn2)CC1. The fourth-order valence-electron chi connectivity index (χ4n) is 3.51. The van der Waals surface area contributed by atoms with Crippen LogP contribution in [0.5, 0.6) is 11.5 Å². The number of ether oxygens (including phenoxy) is 2. The van der Waals surface area contributed by atoms with Gasteiger partial charge in [0.2, 0.25) is 5.91 Å². The van der Waals surface area contributed by atoms with Crippen molar-refractivity contribution in [2.75, 3.05) is 58.4 Å². The monoisotopic (exact) mass is 427 g/mol. The van der Waals surface area contributed by atoms with E-state index in [4.69, 9.17) is 9.47 Å². The molecule has 1 atom stereocenters. The van der Waals surface area contributed by atoms with Crippen LogP contribution >= 0.6 is 0 Å². The smallest absolute Gasteiger partial charge is 0.236 e. The largest absolute Gasteiger partial charge is 0.493 e. The Labute approximate surface area is 184 Å². The number of anilines is 1. The number of methoxy groups -OCH3 is 2. The first-order valence-electron chi connectivity index (χ1n) is 10.8. The highest BCUT2D eigenvalue weighted by Gasteiger charge is 2.22. The van der Waals surface area contributed by atoms with Crippen molar-refractivity contribution in [3.8, 4) is 22.8 Å². The highest BCUT2D eigenvalue weighted by Crippen LogP contribution is 2.31. The van der Waals surface area contributed by atoms with Gasteiger partial charge in [-0.2, -0.15) is 0 Å². The van der Waals surface area contributed by atoms with Crippen LogP contribution in [-0.2, 0) is 4.79 Å². The van der Waals surface area contributed by atoms with E-state index < -0.39 is 0 Å². The maximum Gasteiger partial charge on any atom is 0.236 e. The summed E-state index contributed by atoms with van der Waals surface area (Å²) in [6.07, 6.45) is 1.12. The molecular formula is C23H33N5O3. The van der Waals surface area contributed by atoms with Gasteiger partial charge in [0.05, 0.1) is 26.5 Å². The first-order valence-corrected chi connectivity index (χ1v) is 10.8. The summed E-state index contributed by atoms with van der Waals surface area (Å²) >= 11 is 0. The summed E-state index contributed by atoms with van der Waals surface area (Å²) in [6.45, 7) is 8.54. The molecule has 2 heterocycles. The van der Waals surface area contributed by atoms with Crippen LogP contribution in [0, 0.1) is 5.92 Å². The molecule has 1 saturated heterocycles. The van der Waals surface area contributed by atoms with Crippen LogP contribution in [0.1, 0.15) is 20.3 Å². The Bertz CT molecular complexity index is 851. The number of carbonyl (C=O) groups is 1. The molecule has 2 aromatic rings. The van der Waals surface area contributed by atoms with E-state index in [1.54, 1.807) is 14.2 Å². The van der Waals surface area contributed by atoms with Crippen LogP contribution in [0.25, 0.3) is 11.3 Å². The molecule has 168 valence electrons. The summed E-state index contributed by atoms with van der Waals surface area (Å²) in [7, 11) is 3.23. The maximum absolute atomic E-state index is 12.4. The lowest BCUT2D eigenvalue weighted by Crippen LogP contribution is -2.51. The number of piperazine rings is 1. The van der Waals surface area contributed by atoms with Crippen LogP contribution in [-0.4, -0.2) is 74.5 Å². The molecule has 1 amide bonds. The van der Waals surface area contributed by atoms with Crippen molar-refractivity contribution >= 4 is 11.7 Å². The molecule has 1 aliphatic rings. The zero-order valence-corrected chi connectivity index (χ0v) is 18.9. The Morgan fingerprint density at radius 1 is 1.06 bits per heavy atom. The number of amides is 1. The van der Waals surface area contributed by atoms with Crippen molar-refractivity contribution in [3.05, 3.63) is 30.3 Å². The summed E-state index contributed by atoms with van der Waals surface area (Å²) in [5.74, 6) is 2.91. The van der Waals surface area contributed by atoms with E-state index in [9.17, 15) is 4.79 Å². The fourth-order valence-corrected chi connectivity index (χ4v) is 3.51. The molecule has 0 radical (unpaired) electrons. The Morgan fingerprint density at radius 3 is 2.42 bits per heavy atom. The van der Waals surface area contributed by atoms with E-state index in [0.717, 1.165) is 43.1 Å². The van der Waals surface area contributed by atoms with E-state index in [0.29, 0.717) is 37.1 Å². The number of benzene rings is 1. The number of aromatic nitrogens is 2. The molecule has 1 aliphatic heterocycles. The molecule has 0 spiro atoms. The molecule has 3 rings (SSSR count). The van der Waals surface area contributed by atoms with Crippen molar-refractivity contribution in [2.45, 2.75) is 20.3 Å². The zero-order chi connectivity index (χ0) is 22.2. The summed E-state index contributed by atoms with van der Waals surface area (Å²) in [5.41, 5.74) is 1.68. The average molecular weight is 428 g/mol. The molecule has 31 heavy (non-hydrogen) atoms. The third-order valence-corrected chi connectivity index (χ3v) is 5.75.